The van der Waals surface area contributed by atoms with E-state index in [9.17, 15) is 15.0 Å². The van der Waals surface area contributed by atoms with E-state index in [1.54, 1.807) is 12.1 Å². The summed E-state index contributed by atoms with van der Waals surface area (Å²) in [5.74, 6) is -0.250. The van der Waals surface area contributed by atoms with Crippen molar-refractivity contribution in [2.45, 2.75) is 12.8 Å². The second kappa shape index (κ2) is 5.42. The number of phenols is 1. The molecule has 3 N–H and O–H groups in total. The van der Waals surface area contributed by atoms with Crippen molar-refractivity contribution in [3.05, 3.63) is 65.8 Å². The first-order valence-corrected chi connectivity index (χ1v) is 7.62. The number of pyridine rings is 1. The maximum Gasteiger partial charge on any atom is 0.261 e. The fraction of sp³-hybridized carbons (Fsp3) is 0.111. The molecule has 0 fully saturated rings. The molecule has 1 aromatic carbocycles. The maximum atomic E-state index is 12.7. The molecule has 6 heteroatoms. The number of hydrogen-bond acceptors (Lipinski definition) is 4. The molecule has 0 atom stereocenters. The molecule has 1 amide bonds. The molecule has 120 valence electrons. The number of benzene rings is 1. The Morgan fingerprint density at radius 2 is 1.88 bits per heavy atom. The van der Waals surface area contributed by atoms with Crippen molar-refractivity contribution in [1.29, 1.82) is 0 Å². The van der Waals surface area contributed by atoms with Gasteiger partial charge in [-0.05, 0) is 42.8 Å². The molecule has 0 unspecified atom stereocenters. The molecule has 24 heavy (non-hydrogen) atoms. The van der Waals surface area contributed by atoms with Crippen LogP contribution in [0.4, 0.5) is 5.69 Å². The molecule has 0 aliphatic heterocycles. The molecule has 2 heterocycles. The van der Waals surface area contributed by atoms with Crippen molar-refractivity contribution in [2.75, 3.05) is 5.32 Å². The molecule has 3 aromatic rings. The van der Waals surface area contributed by atoms with Gasteiger partial charge in [0.05, 0.1) is 5.69 Å². The van der Waals surface area contributed by atoms with Crippen LogP contribution in [-0.4, -0.2) is 25.5 Å². The Morgan fingerprint density at radius 1 is 1.08 bits per heavy atom. The average Bonchev–Trinajstić information content (AvgIpc) is 2.95. The second-order valence-electron chi connectivity index (χ2n) is 5.66. The Labute approximate surface area is 137 Å². The van der Waals surface area contributed by atoms with E-state index in [0.717, 1.165) is 11.3 Å². The molecule has 0 saturated carbocycles. The number of aryl methyl sites for hydroxylation is 1. The van der Waals surface area contributed by atoms with Gasteiger partial charge >= 0.3 is 0 Å². The van der Waals surface area contributed by atoms with Gasteiger partial charge in [-0.15, -0.1) is 0 Å². The predicted octanol–water partition coefficient (Wildman–Crippen LogP) is 2.89. The highest BCUT2D eigenvalue weighted by atomic mass is 16.3. The zero-order valence-electron chi connectivity index (χ0n) is 12.7. The van der Waals surface area contributed by atoms with Gasteiger partial charge < -0.3 is 19.9 Å². The number of carbonyl (C=O) groups excluding carboxylic acids is 1. The lowest BCUT2D eigenvalue weighted by Gasteiger charge is -2.16. The van der Waals surface area contributed by atoms with Gasteiger partial charge in [0.2, 0.25) is 0 Å². The standard InChI is InChI=1S/C18H15N3O3/c22-12-6-4-11(5-7-12)19-18(24)16-14(23)9-8-13-17(16)20-15-3-1-2-10-21(13)15/h1-7,10,22-23H,8-9H2,(H,19,24). The fourth-order valence-corrected chi connectivity index (χ4v) is 2.96. The number of aromatic nitrogens is 2. The predicted molar refractivity (Wildman–Crippen MR) is 89.8 cm³/mol. The lowest BCUT2D eigenvalue weighted by atomic mass is 9.97. The molecule has 2 aromatic heterocycles. The van der Waals surface area contributed by atoms with Crippen molar-refractivity contribution in [3.63, 3.8) is 0 Å². The van der Waals surface area contributed by atoms with Crippen molar-refractivity contribution in [3.8, 4) is 5.75 Å². The summed E-state index contributed by atoms with van der Waals surface area (Å²) in [6, 6.07) is 11.8. The van der Waals surface area contributed by atoms with E-state index in [1.165, 1.54) is 12.1 Å². The first-order chi connectivity index (χ1) is 11.6. The summed E-state index contributed by atoms with van der Waals surface area (Å²) >= 11 is 0. The minimum absolute atomic E-state index is 0.0437. The largest absolute Gasteiger partial charge is 0.511 e. The van der Waals surface area contributed by atoms with Gasteiger partial charge in [0.1, 0.15) is 28.4 Å². The monoisotopic (exact) mass is 321 g/mol. The molecular formula is C18H15N3O3. The second-order valence-corrected chi connectivity index (χ2v) is 5.66. The van der Waals surface area contributed by atoms with Gasteiger partial charge in [-0.2, -0.15) is 0 Å². The molecule has 0 saturated heterocycles. The molecule has 1 aliphatic rings. The molecule has 4 rings (SSSR count). The van der Waals surface area contributed by atoms with Crippen LogP contribution in [0.2, 0.25) is 0 Å². The van der Waals surface area contributed by atoms with E-state index < -0.39 is 5.91 Å². The highest BCUT2D eigenvalue weighted by Crippen LogP contribution is 2.31. The van der Waals surface area contributed by atoms with Crippen LogP contribution >= 0.6 is 0 Å². The number of imidazole rings is 1. The Balaban J connectivity index is 1.74. The minimum Gasteiger partial charge on any atom is -0.511 e. The number of nitrogens with one attached hydrogen (secondary N) is 1. The topological polar surface area (TPSA) is 86.9 Å². The summed E-state index contributed by atoms with van der Waals surface area (Å²) in [5, 5.41) is 22.3. The van der Waals surface area contributed by atoms with Gasteiger partial charge in [0.25, 0.3) is 5.91 Å². The smallest absolute Gasteiger partial charge is 0.261 e. The number of fused-ring (bicyclic) bond motifs is 3. The number of aliphatic hydroxyl groups excluding tert-OH is 1. The van der Waals surface area contributed by atoms with Crippen molar-refractivity contribution >= 4 is 22.8 Å². The highest BCUT2D eigenvalue weighted by molar-refractivity contribution is 6.26. The normalized spacial score (nSPS) is 13.8. The number of rotatable bonds is 2. The van der Waals surface area contributed by atoms with Gasteiger partial charge in [-0.25, -0.2) is 4.98 Å². The number of phenolic OH excluding ortho intramolecular Hbond substituents is 1. The fourth-order valence-electron chi connectivity index (χ4n) is 2.96. The van der Waals surface area contributed by atoms with Crippen LogP contribution in [0, 0.1) is 0 Å². The Morgan fingerprint density at radius 3 is 2.67 bits per heavy atom. The Kier molecular flexibility index (Phi) is 3.23. The number of hydrogen-bond donors (Lipinski definition) is 3. The summed E-state index contributed by atoms with van der Waals surface area (Å²) in [6.45, 7) is 0. The molecule has 0 radical (unpaired) electrons. The number of aliphatic hydroxyl groups is 1. The van der Waals surface area contributed by atoms with Crippen molar-refractivity contribution in [2.24, 2.45) is 0 Å². The molecule has 0 spiro atoms. The van der Waals surface area contributed by atoms with Crippen LogP contribution < -0.4 is 5.32 Å². The van der Waals surface area contributed by atoms with Gasteiger partial charge in [0.15, 0.2) is 0 Å². The number of carbonyl (C=O) groups is 1. The molecule has 0 bridgehead atoms. The number of nitrogens with zero attached hydrogens (tertiary/aromatic N) is 2. The zero-order valence-corrected chi connectivity index (χ0v) is 12.7. The number of allylic oxidation sites excluding steroid dienone is 1. The van der Waals surface area contributed by atoms with Gasteiger partial charge in [-0.1, -0.05) is 6.07 Å². The van der Waals surface area contributed by atoms with E-state index in [4.69, 9.17) is 0 Å². The first kappa shape index (κ1) is 14.3. The summed E-state index contributed by atoms with van der Waals surface area (Å²) in [4.78, 5) is 17.2. The third-order valence-corrected chi connectivity index (χ3v) is 4.11. The van der Waals surface area contributed by atoms with E-state index in [2.05, 4.69) is 10.3 Å². The quantitative estimate of drug-likeness (QED) is 0.633. The van der Waals surface area contributed by atoms with Crippen molar-refractivity contribution < 1.29 is 15.0 Å². The van der Waals surface area contributed by atoms with E-state index in [1.807, 2.05) is 28.8 Å². The van der Waals surface area contributed by atoms with Crippen LogP contribution in [0.5, 0.6) is 5.75 Å². The van der Waals surface area contributed by atoms with E-state index >= 15 is 0 Å². The van der Waals surface area contributed by atoms with Gasteiger partial charge in [0, 0.05) is 18.3 Å². The highest BCUT2D eigenvalue weighted by Gasteiger charge is 2.28. The summed E-state index contributed by atoms with van der Waals surface area (Å²) in [5.41, 5.74) is 2.91. The summed E-state index contributed by atoms with van der Waals surface area (Å²) in [6.07, 6.45) is 2.93. The molecule has 6 nitrogen and oxygen atoms in total. The first-order valence-electron chi connectivity index (χ1n) is 7.62. The van der Waals surface area contributed by atoms with Crippen LogP contribution in [0.1, 0.15) is 17.8 Å². The third kappa shape index (κ3) is 2.28. The van der Waals surface area contributed by atoms with Crippen molar-refractivity contribution in [1.82, 2.24) is 9.38 Å². The SMILES string of the molecule is O=C(Nc1ccc(O)cc1)C1=C(O)CCc2c1nc1ccccn21. The van der Waals surface area contributed by atoms with Crippen LogP contribution in [0.3, 0.4) is 0 Å². The number of aromatic hydroxyl groups is 1. The van der Waals surface area contributed by atoms with Crippen LogP contribution in [0.25, 0.3) is 11.2 Å². The van der Waals surface area contributed by atoms with E-state index in [0.29, 0.717) is 24.2 Å². The van der Waals surface area contributed by atoms with Crippen LogP contribution in [-0.2, 0) is 11.2 Å². The molecular weight excluding hydrogens is 306 g/mol. The zero-order chi connectivity index (χ0) is 16.7. The molecule has 1 aliphatic carbocycles. The maximum absolute atomic E-state index is 12.7. The lowest BCUT2D eigenvalue weighted by molar-refractivity contribution is -0.111. The lowest BCUT2D eigenvalue weighted by Crippen LogP contribution is -2.19. The minimum atomic E-state index is -0.414. The number of amides is 1. The summed E-state index contributed by atoms with van der Waals surface area (Å²) in [7, 11) is 0. The third-order valence-electron chi connectivity index (χ3n) is 4.11. The van der Waals surface area contributed by atoms with Crippen LogP contribution in [0.15, 0.2) is 54.4 Å². The summed E-state index contributed by atoms with van der Waals surface area (Å²) < 4.78 is 1.94. The Hall–Kier alpha value is -3.28. The average molecular weight is 321 g/mol. The van der Waals surface area contributed by atoms with Gasteiger partial charge in [-0.3, -0.25) is 4.79 Å². The van der Waals surface area contributed by atoms with E-state index in [-0.39, 0.29) is 17.1 Å². The number of anilines is 1. The Bertz CT molecular complexity index is 971.